The Kier molecular flexibility index (Phi) is 35.0. The lowest BCUT2D eigenvalue weighted by Crippen LogP contribution is -2.29. The van der Waals surface area contributed by atoms with Crippen molar-refractivity contribution in [3.8, 4) is 0 Å². The fourth-order valence-electron chi connectivity index (χ4n) is 17.6. The molecule has 13 rings (SSSR count). The summed E-state index contributed by atoms with van der Waals surface area (Å²) in [4.78, 5) is 74.5. The highest BCUT2D eigenvalue weighted by molar-refractivity contribution is 5.96. The van der Waals surface area contributed by atoms with Gasteiger partial charge in [0.15, 0.2) is 17.3 Å². The maximum atomic E-state index is 13.1. The summed E-state index contributed by atoms with van der Waals surface area (Å²) in [6.45, 7) is 6.20. The number of nitrogens with zero attached hydrogens (tertiary/aromatic N) is 2. The van der Waals surface area contributed by atoms with Crippen LogP contribution in [0.3, 0.4) is 0 Å². The molecule has 18 nitrogen and oxygen atoms in total. The van der Waals surface area contributed by atoms with Crippen LogP contribution in [0.15, 0.2) is 326 Å². The lowest BCUT2D eigenvalue weighted by molar-refractivity contribution is -0.129. The van der Waals surface area contributed by atoms with Crippen LogP contribution in [-0.4, -0.2) is 81.7 Å². The van der Waals surface area contributed by atoms with Crippen molar-refractivity contribution >= 4 is 35.1 Å². The second-order valence-corrected chi connectivity index (χ2v) is 32.6. The number of amides is 3. The van der Waals surface area contributed by atoms with Gasteiger partial charge in [0.1, 0.15) is 16.8 Å². The predicted octanol–water partition coefficient (Wildman–Crippen LogP) is 18.6. The molecule has 1 aliphatic carbocycles. The molecule has 2 aromatic heterocycles. The van der Waals surface area contributed by atoms with Crippen LogP contribution >= 0.6 is 0 Å². The van der Waals surface area contributed by atoms with E-state index in [1.54, 1.807) is 37.2 Å². The summed E-state index contributed by atoms with van der Waals surface area (Å²) >= 11 is 0. The van der Waals surface area contributed by atoms with Gasteiger partial charge in [0.25, 0.3) is 0 Å². The van der Waals surface area contributed by atoms with E-state index in [1.165, 1.54) is 22.3 Å². The number of benzene rings is 10. The second-order valence-electron chi connectivity index (χ2n) is 32.6. The monoisotopic (exact) mass is 1690 g/mol. The normalized spacial score (nSPS) is 12.6. The highest BCUT2D eigenvalue weighted by Gasteiger charge is 2.38. The fraction of sp³-hybridized carbons (Fsp3) is 0.278. The summed E-state index contributed by atoms with van der Waals surface area (Å²) in [5.74, 6) is -1.66. The quantitative estimate of drug-likeness (QED) is 0.00738. The van der Waals surface area contributed by atoms with Gasteiger partial charge in [-0.25, -0.2) is 16.4 Å². The van der Waals surface area contributed by atoms with Gasteiger partial charge in [0, 0.05) is 69.1 Å². The Morgan fingerprint density at radius 2 is 0.643 bits per heavy atom. The molecule has 1 unspecified atom stereocenters. The van der Waals surface area contributed by atoms with Crippen molar-refractivity contribution < 1.29 is 59.7 Å². The molecule has 652 valence electrons. The van der Waals surface area contributed by atoms with E-state index in [9.17, 15) is 49.3 Å². The Hall–Kier alpha value is -12.6. The Bertz CT molecular complexity index is 5460. The van der Waals surface area contributed by atoms with Gasteiger partial charge in [0.05, 0.1) is 11.4 Å². The van der Waals surface area contributed by atoms with E-state index >= 15 is 0 Å². The molecule has 0 radical (unpaired) electrons. The molecule has 12 aromatic rings. The van der Waals surface area contributed by atoms with E-state index in [1.807, 2.05) is 231 Å². The van der Waals surface area contributed by atoms with Crippen molar-refractivity contribution in [3.05, 3.63) is 427 Å². The highest BCUT2D eigenvalue weighted by atomic mass is 16.5. The third-order valence-corrected chi connectivity index (χ3v) is 24.3. The lowest BCUT2D eigenvalue weighted by Gasteiger charge is -2.31. The lowest BCUT2D eigenvalue weighted by atomic mass is 9.78. The van der Waals surface area contributed by atoms with Gasteiger partial charge in [-0.05, 0) is 218 Å². The summed E-state index contributed by atoms with van der Waals surface area (Å²) in [5.41, 5.74) is 26.6. The molecule has 0 aliphatic heterocycles. The van der Waals surface area contributed by atoms with E-state index in [0.717, 1.165) is 135 Å². The molecule has 0 bridgehead atoms. The van der Waals surface area contributed by atoms with E-state index in [2.05, 4.69) is 88.0 Å². The fourth-order valence-corrected chi connectivity index (χ4v) is 17.6. The number of aromatic nitrogens is 2. The number of carbonyl (C=O) groups excluding carboxylic acids is 6. The molecular formula is C108H118N6O12. The molecule has 10 aromatic carbocycles. The van der Waals surface area contributed by atoms with Crippen LogP contribution < -0.4 is 22.2 Å². The Morgan fingerprint density at radius 1 is 0.333 bits per heavy atom. The number of nitrogens with two attached hydrogens (primary N) is 1. The van der Waals surface area contributed by atoms with Gasteiger partial charge in [-0.1, -0.05) is 303 Å². The van der Waals surface area contributed by atoms with Crippen molar-refractivity contribution in [2.24, 2.45) is 11.7 Å². The van der Waals surface area contributed by atoms with Crippen LogP contribution in [0.1, 0.15) is 208 Å². The van der Waals surface area contributed by atoms with Crippen molar-refractivity contribution in [1.82, 2.24) is 25.6 Å². The summed E-state index contributed by atoms with van der Waals surface area (Å²) in [7, 11) is 0. The minimum Gasteiger partial charge on any atom is -0.380 e. The molecule has 126 heavy (non-hydrogen) atoms. The van der Waals surface area contributed by atoms with Crippen LogP contribution in [0.2, 0.25) is 0 Å². The Labute approximate surface area is 740 Å². The number of aliphatic hydroxyl groups is 3. The zero-order valence-electron chi connectivity index (χ0n) is 72.4. The zero-order chi connectivity index (χ0) is 89.3. The molecule has 1 atom stereocenters. The molecular weight excluding hydrogens is 1570 g/mol. The van der Waals surface area contributed by atoms with Crippen molar-refractivity contribution in [2.45, 2.75) is 179 Å². The van der Waals surface area contributed by atoms with E-state index < -0.39 is 34.5 Å². The van der Waals surface area contributed by atoms with Gasteiger partial charge in [0.2, 0.25) is 17.7 Å². The van der Waals surface area contributed by atoms with Gasteiger partial charge in [-0.2, -0.15) is 0 Å². The number of hydrogen-bond acceptors (Lipinski definition) is 13. The molecule has 0 saturated heterocycles. The van der Waals surface area contributed by atoms with Gasteiger partial charge in [-0.3, -0.25) is 44.4 Å². The molecule has 11 N–H and O–H groups in total. The molecule has 1 aliphatic rings. The average molecular weight is 1690 g/mol. The standard InChI is InChI=1S/C41H44N2O4.C39H40N2O4.C28H34N2O4/c1-31(44)39-29-34(25-26-40(45)42-47)38(27-28-41(46,36-21-7-3-8-22-36)37-23-9-4-10-24-37)43(39)30-35-20-14-13-19-33(35)18-12-11-17-32-15-5-2-6-16-32;1-29(42)37-27-32(23-24-38(43)40-45)36(25-26-39(44,34-17-7-3-8-18-34)35-19-9-4-10-20-35)41(37)28-33-16-12-11-15-31(33)22-21-30-13-5-2-6-14-30;1-20(31)26-19-21(14-15-27(32)30-34)24(25(26)13-8-18-29)16-17-28(33,22-9-4-2-5-10-22)23-11-6-3-7-12-23/h2-10,13-16,19-24,29,46-47H,11-12,17-18,25-28,30H2,1H3,(H,42,45);2-20,27,44-45H,21-26,28H2,1H3,(H,40,43);2-7,9-12,19,25,33-34H,8,13-18,29H2,1H3,(H,30,32). The summed E-state index contributed by atoms with van der Waals surface area (Å²) in [6, 6.07) is 99.2. The number of hydrogen-bond donors (Lipinski definition) is 10. The summed E-state index contributed by atoms with van der Waals surface area (Å²) in [6.07, 6.45) is 13.2. The first kappa shape index (κ1) is 94.1. The first-order valence-corrected chi connectivity index (χ1v) is 43.8. The van der Waals surface area contributed by atoms with Crippen LogP contribution in [0.4, 0.5) is 0 Å². The maximum Gasteiger partial charge on any atom is 0.243 e. The number of rotatable bonds is 42. The largest absolute Gasteiger partial charge is 0.380 e. The number of Topliss-reactive ketones (excluding diaryl/α,β-unsaturated/α-hetero) is 3. The Morgan fingerprint density at radius 3 is 0.984 bits per heavy atom. The van der Waals surface area contributed by atoms with E-state index in [0.29, 0.717) is 88.8 Å². The molecule has 3 amide bonds. The third-order valence-electron chi connectivity index (χ3n) is 24.3. The topological polar surface area (TPSA) is 296 Å². The van der Waals surface area contributed by atoms with Crippen molar-refractivity contribution in [3.63, 3.8) is 0 Å². The van der Waals surface area contributed by atoms with Crippen molar-refractivity contribution in [1.29, 1.82) is 0 Å². The Balaban J connectivity index is 0.000000186. The number of carbonyl (C=O) groups is 6. The minimum absolute atomic E-state index is 0.00233. The van der Waals surface area contributed by atoms with Gasteiger partial charge in [-0.15, -0.1) is 0 Å². The van der Waals surface area contributed by atoms with E-state index in [4.69, 9.17) is 16.1 Å². The number of nitrogens with one attached hydrogen (secondary N) is 3. The second kappa shape index (κ2) is 46.9. The summed E-state index contributed by atoms with van der Waals surface area (Å²) < 4.78 is 4.14. The van der Waals surface area contributed by atoms with Crippen LogP contribution in [0, 0.1) is 5.92 Å². The van der Waals surface area contributed by atoms with Crippen LogP contribution in [-0.2, 0) is 100 Å². The minimum atomic E-state index is -1.28. The summed E-state index contributed by atoms with van der Waals surface area (Å²) in [5, 5.41) is 63.9. The third kappa shape index (κ3) is 25.1. The van der Waals surface area contributed by atoms with Gasteiger partial charge >= 0.3 is 0 Å². The van der Waals surface area contributed by atoms with Crippen LogP contribution in [0.5, 0.6) is 0 Å². The maximum absolute atomic E-state index is 13.1. The highest BCUT2D eigenvalue weighted by Crippen LogP contribution is 2.45. The molecule has 0 spiro atoms. The molecule has 2 heterocycles. The molecule has 0 fully saturated rings. The van der Waals surface area contributed by atoms with Gasteiger partial charge < -0.3 is 30.2 Å². The predicted molar refractivity (Wildman–Crippen MR) is 494 cm³/mol. The number of allylic oxidation sites excluding steroid dienone is 4. The molecule has 18 heteroatoms. The van der Waals surface area contributed by atoms with Crippen molar-refractivity contribution in [2.75, 3.05) is 6.54 Å². The number of unbranched alkanes of at least 4 members (excludes halogenated alkanes) is 1. The average Bonchev–Trinajstić information content (AvgIpc) is 1.64. The first-order valence-electron chi connectivity index (χ1n) is 43.8. The van der Waals surface area contributed by atoms with Crippen LogP contribution in [0.25, 0.3) is 0 Å². The number of hydroxylamine groups is 3. The zero-order valence-corrected chi connectivity index (χ0v) is 72.4. The van der Waals surface area contributed by atoms with E-state index in [-0.39, 0.29) is 42.5 Å². The first-order chi connectivity index (χ1) is 61.2. The number of ketones is 3. The number of aryl methyl sites for hydroxylation is 6. The molecule has 0 saturated carbocycles. The SMILES string of the molecule is CC(=O)C1=CC(CCC(=O)NO)=C(CCC(O)(c2ccccc2)c2ccccc2)C1CCCN.CC(=O)c1cc(CCC(=O)NO)c(CCC(O)(c2ccccc2)c2ccccc2)n1Cc1ccccc1CCCCc1ccccc1.CC(=O)c1cc(CCC(=O)NO)c(CCC(O)(c2ccccc2)c2ccccc2)n1Cc1ccccc1CCc1ccccc1. The smallest absolute Gasteiger partial charge is 0.243 e.